The molecule has 0 spiro atoms. The van der Waals surface area contributed by atoms with Crippen molar-refractivity contribution in [2.24, 2.45) is 0 Å². The van der Waals surface area contributed by atoms with Crippen molar-refractivity contribution in [2.75, 3.05) is 13.1 Å². The summed E-state index contributed by atoms with van der Waals surface area (Å²) in [6.45, 7) is -0.461. The summed E-state index contributed by atoms with van der Waals surface area (Å²) >= 11 is 0. The van der Waals surface area contributed by atoms with E-state index in [2.05, 4.69) is 9.97 Å². The predicted octanol–water partition coefficient (Wildman–Crippen LogP) is 0.878. The van der Waals surface area contributed by atoms with Gasteiger partial charge in [0.25, 0.3) is 10.0 Å². The van der Waals surface area contributed by atoms with Crippen molar-refractivity contribution in [3.05, 3.63) is 12.5 Å². The van der Waals surface area contributed by atoms with E-state index in [-0.39, 0.29) is 18.0 Å². The standard InChI is InChI=1S/C10H14F3N3O3S/c11-10(12,13)9(17)2-1-4-16(5-3-9)20(18,19)8-6-14-7-15-8/h6-7,17H,1-5H2,(H,14,15). The second kappa shape index (κ2) is 5.01. The Morgan fingerprint density at radius 2 is 2.05 bits per heavy atom. The summed E-state index contributed by atoms with van der Waals surface area (Å²) in [4.78, 5) is 6.00. The van der Waals surface area contributed by atoms with Crippen LogP contribution in [0, 0.1) is 0 Å². The molecular weight excluding hydrogens is 299 g/mol. The van der Waals surface area contributed by atoms with Crippen molar-refractivity contribution in [3.8, 4) is 0 Å². The zero-order chi connectivity index (χ0) is 15.0. The zero-order valence-electron chi connectivity index (χ0n) is 10.4. The van der Waals surface area contributed by atoms with Crippen molar-refractivity contribution in [1.82, 2.24) is 14.3 Å². The molecule has 1 aliphatic heterocycles. The van der Waals surface area contributed by atoms with E-state index < -0.39 is 41.2 Å². The van der Waals surface area contributed by atoms with Crippen LogP contribution in [0.2, 0.25) is 0 Å². The van der Waals surface area contributed by atoms with Gasteiger partial charge in [0.2, 0.25) is 0 Å². The molecule has 1 unspecified atom stereocenters. The van der Waals surface area contributed by atoms with Gasteiger partial charge in [0.1, 0.15) is 0 Å². The van der Waals surface area contributed by atoms with Crippen LogP contribution in [0.25, 0.3) is 0 Å². The normalized spacial score (nSPS) is 26.4. The van der Waals surface area contributed by atoms with Crippen LogP contribution in [0.4, 0.5) is 13.2 Å². The molecule has 1 aliphatic rings. The van der Waals surface area contributed by atoms with Crippen molar-refractivity contribution in [3.63, 3.8) is 0 Å². The van der Waals surface area contributed by atoms with Gasteiger partial charge in [-0.1, -0.05) is 0 Å². The molecule has 0 bridgehead atoms. The summed E-state index contributed by atoms with van der Waals surface area (Å²) in [7, 11) is -3.90. The average Bonchev–Trinajstić information content (AvgIpc) is 2.78. The van der Waals surface area contributed by atoms with E-state index in [0.717, 1.165) is 10.5 Å². The van der Waals surface area contributed by atoms with Crippen LogP contribution in [0.3, 0.4) is 0 Å². The van der Waals surface area contributed by atoms with Gasteiger partial charge in [-0.3, -0.25) is 0 Å². The maximum Gasteiger partial charge on any atom is 0.417 e. The van der Waals surface area contributed by atoms with Gasteiger partial charge < -0.3 is 10.1 Å². The lowest BCUT2D eigenvalue weighted by Gasteiger charge is -2.29. The Labute approximate surface area is 113 Å². The minimum absolute atomic E-state index is 0.0661. The Morgan fingerprint density at radius 1 is 1.35 bits per heavy atom. The quantitative estimate of drug-likeness (QED) is 0.848. The Kier molecular flexibility index (Phi) is 3.82. The first kappa shape index (κ1) is 15.3. The predicted molar refractivity (Wildman–Crippen MR) is 62.2 cm³/mol. The molecule has 6 nitrogen and oxygen atoms in total. The maximum absolute atomic E-state index is 12.8. The molecule has 0 amide bonds. The number of rotatable bonds is 2. The molecular formula is C10H14F3N3O3S. The lowest BCUT2D eigenvalue weighted by Crippen LogP contribution is -2.46. The first-order valence-electron chi connectivity index (χ1n) is 5.94. The summed E-state index contributed by atoms with van der Waals surface area (Å²) in [5.41, 5.74) is -2.83. The van der Waals surface area contributed by atoms with Crippen LogP contribution in [-0.2, 0) is 10.0 Å². The fraction of sp³-hybridized carbons (Fsp3) is 0.700. The number of aliphatic hydroxyl groups is 1. The molecule has 114 valence electrons. The van der Waals surface area contributed by atoms with Gasteiger partial charge in [0, 0.05) is 13.1 Å². The van der Waals surface area contributed by atoms with Crippen LogP contribution < -0.4 is 0 Å². The first-order chi connectivity index (χ1) is 9.17. The third-order valence-corrected chi connectivity index (χ3v) is 5.22. The van der Waals surface area contributed by atoms with Crippen molar-refractivity contribution in [2.45, 2.75) is 36.1 Å². The van der Waals surface area contributed by atoms with Gasteiger partial charge in [-0.05, 0) is 19.3 Å². The Balaban J connectivity index is 2.19. The van der Waals surface area contributed by atoms with E-state index in [1.807, 2.05) is 0 Å². The molecule has 1 aromatic heterocycles. The number of aromatic nitrogens is 2. The second-order valence-corrected chi connectivity index (χ2v) is 6.61. The van der Waals surface area contributed by atoms with Gasteiger partial charge in [0.05, 0.1) is 12.5 Å². The van der Waals surface area contributed by atoms with Crippen molar-refractivity contribution >= 4 is 10.0 Å². The molecule has 1 saturated heterocycles. The van der Waals surface area contributed by atoms with Crippen LogP contribution in [-0.4, -0.2) is 52.7 Å². The van der Waals surface area contributed by atoms with Crippen LogP contribution in [0.15, 0.2) is 17.6 Å². The number of nitrogens with one attached hydrogen (secondary N) is 1. The van der Waals surface area contributed by atoms with E-state index in [4.69, 9.17) is 0 Å². The summed E-state index contributed by atoms with van der Waals surface area (Å²) in [5, 5.41) is 9.46. The highest BCUT2D eigenvalue weighted by atomic mass is 32.2. The second-order valence-electron chi connectivity index (χ2n) is 4.70. The topological polar surface area (TPSA) is 86.3 Å². The Bertz CT molecular complexity index is 558. The minimum Gasteiger partial charge on any atom is -0.380 e. The van der Waals surface area contributed by atoms with Gasteiger partial charge in [-0.15, -0.1) is 0 Å². The number of alkyl halides is 3. The molecule has 2 rings (SSSR count). The number of imidazole rings is 1. The SMILES string of the molecule is O=S(=O)(c1cnc[nH]1)N1CCCC(O)(C(F)(F)F)CC1. The number of halogens is 3. The third-order valence-electron chi connectivity index (χ3n) is 3.39. The van der Waals surface area contributed by atoms with Crippen LogP contribution in [0.5, 0.6) is 0 Å². The Morgan fingerprint density at radius 3 is 2.60 bits per heavy atom. The maximum atomic E-state index is 12.8. The molecule has 0 aliphatic carbocycles. The monoisotopic (exact) mass is 313 g/mol. The number of hydrogen-bond acceptors (Lipinski definition) is 4. The van der Waals surface area contributed by atoms with E-state index in [0.29, 0.717) is 0 Å². The fourth-order valence-electron chi connectivity index (χ4n) is 2.14. The zero-order valence-corrected chi connectivity index (χ0v) is 11.2. The highest BCUT2D eigenvalue weighted by molar-refractivity contribution is 7.89. The number of hydrogen-bond donors (Lipinski definition) is 2. The van der Waals surface area contributed by atoms with E-state index in [9.17, 15) is 26.7 Å². The van der Waals surface area contributed by atoms with Crippen molar-refractivity contribution in [1.29, 1.82) is 0 Å². The largest absolute Gasteiger partial charge is 0.417 e. The van der Waals surface area contributed by atoms with Crippen LogP contribution >= 0.6 is 0 Å². The highest BCUT2D eigenvalue weighted by Gasteiger charge is 2.54. The molecule has 2 N–H and O–H groups in total. The molecule has 2 heterocycles. The van der Waals surface area contributed by atoms with Gasteiger partial charge in [-0.2, -0.15) is 17.5 Å². The smallest absolute Gasteiger partial charge is 0.380 e. The summed E-state index contributed by atoms with van der Waals surface area (Å²) in [6, 6.07) is 0. The van der Waals surface area contributed by atoms with E-state index >= 15 is 0 Å². The van der Waals surface area contributed by atoms with Gasteiger partial charge >= 0.3 is 6.18 Å². The lowest BCUT2D eigenvalue weighted by molar-refractivity contribution is -0.263. The van der Waals surface area contributed by atoms with Gasteiger partial charge in [-0.25, -0.2) is 13.4 Å². The number of H-pyrrole nitrogens is 1. The molecule has 1 atom stereocenters. The number of nitrogens with zero attached hydrogens (tertiary/aromatic N) is 2. The van der Waals surface area contributed by atoms with E-state index in [1.54, 1.807) is 0 Å². The Hall–Kier alpha value is -1.13. The summed E-state index contributed by atoms with van der Waals surface area (Å²) in [5.74, 6) is 0. The number of aromatic amines is 1. The average molecular weight is 313 g/mol. The molecule has 0 saturated carbocycles. The van der Waals surface area contributed by atoms with Gasteiger partial charge in [0.15, 0.2) is 10.6 Å². The molecule has 0 radical (unpaired) electrons. The highest BCUT2D eigenvalue weighted by Crippen LogP contribution is 2.38. The third kappa shape index (κ3) is 2.67. The van der Waals surface area contributed by atoms with E-state index in [1.165, 1.54) is 6.33 Å². The molecule has 1 aromatic rings. The fourth-order valence-corrected chi connectivity index (χ4v) is 3.52. The lowest BCUT2D eigenvalue weighted by atomic mass is 9.94. The molecule has 20 heavy (non-hydrogen) atoms. The molecule has 1 fully saturated rings. The molecule has 10 heteroatoms. The minimum atomic E-state index is -4.76. The first-order valence-corrected chi connectivity index (χ1v) is 7.38. The van der Waals surface area contributed by atoms with Crippen LogP contribution in [0.1, 0.15) is 19.3 Å². The summed E-state index contributed by atoms with van der Waals surface area (Å²) in [6.07, 6.45) is -3.74. The number of sulfonamides is 1. The van der Waals surface area contributed by atoms with Crippen molar-refractivity contribution < 1.29 is 26.7 Å². The summed E-state index contributed by atoms with van der Waals surface area (Å²) < 4.78 is 63.5. The molecule has 0 aromatic carbocycles.